The molecule has 1 saturated heterocycles. The van der Waals surface area contributed by atoms with Crippen LogP contribution in [0, 0.1) is 0 Å². The maximum Gasteiger partial charge on any atom is 0.274 e. The van der Waals surface area contributed by atoms with Gasteiger partial charge in [0, 0.05) is 24.8 Å². The van der Waals surface area contributed by atoms with Gasteiger partial charge in [-0.1, -0.05) is 6.07 Å². The van der Waals surface area contributed by atoms with Crippen molar-refractivity contribution in [2.75, 3.05) is 14.1 Å². The summed E-state index contributed by atoms with van der Waals surface area (Å²) in [5.74, 6) is 0.0743. The summed E-state index contributed by atoms with van der Waals surface area (Å²) in [6.07, 6.45) is 5.34. The van der Waals surface area contributed by atoms with Crippen LogP contribution in [0.4, 0.5) is 0 Å². The fraction of sp³-hybridized carbons (Fsp3) is 0.556. The van der Waals surface area contributed by atoms with Gasteiger partial charge in [-0.05, 0) is 59.3 Å². The van der Waals surface area contributed by atoms with E-state index in [2.05, 4.69) is 23.7 Å². The Labute approximate surface area is 137 Å². The molecule has 1 amide bonds. The first-order valence-electron chi connectivity index (χ1n) is 8.42. The number of likely N-dealkylation sites (tertiary alicyclic amines) is 1. The number of carbonyl (C=O) groups is 1. The third-order valence-corrected chi connectivity index (χ3v) is 4.73. The molecule has 3 heterocycles. The van der Waals surface area contributed by atoms with Gasteiger partial charge >= 0.3 is 0 Å². The SMILES string of the molecule is CC1CCCC(C)N1C(=O)c1nc2ccccn2c1CN(C)C. The van der Waals surface area contributed by atoms with E-state index >= 15 is 0 Å². The highest BCUT2D eigenvalue weighted by molar-refractivity contribution is 5.95. The Morgan fingerprint density at radius 2 is 1.96 bits per heavy atom. The molecule has 0 spiro atoms. The number of hydrogen-bond donors (Lipinski definition) is 0. The fourth-order valence-electron chi connectivity index (χ4n) is 3.61. The quantitative estimate of drug-likeness (QED) is 0.875. The Morgan fingerprint density at radius 3 is 2.61 bits per heavy atom. The van der Waals surface area contributed by atoms with Gasteiger partial charge in [-0.15, -0.1) is 0 Å². The lowest BCUT2D eigenvalue weighted by Gasteiger charge is -2.38. The Bertz CT molecular complexity index is 696. The summed E-state index contributed by atoms with van der Waals surface area (Å²) < 4.78 is 2.03. The molecule has 0 radical (unpaired) electrons. The molecule has 0 saturated carbocycles. The molecule has 0 bridgehead atoms. The van der Waals surface area contributed by atoms with Crippen LogP contribution in [0.1, 0.15) is 49.3 Å². The Balaban J connectivity index is 2.05. The van der Waals surface area contributed by atoms with E-state index in [1.807, 2.05) is 47.8 Å². The van der Waals surface area contributed by atoms with E-state index < -0.39 is 0 Å². The molecule has 5 nitrogen and oxygen atoms in total. The van der Waals surface area contributed by atoms with E-state index in [1.54, 1.807) is 0 Å². The Hall–Kier alpha value is -1.88. The van der Waals surface area contributed by atoms with Crippen LogP contribution in [0.25, 0.3) is 5.65 Å². The van der Waals surface area contributed by atoms with Gasteiger partial charge in [-0.3, -0.25) is 4.79 Å². The summed E-state index contributed by atoms with van der Waals surface area (Å²) in [5.41, 5.74) is 2.41. The average molecular weight is 314 g/mol. The second-order valence-corrected chi connectivity index (χ2v) is 6.92. The first-order chi connectivity index (χ1) is 11.0. The van der Waals surface area contributed by atoms with Crippen LogP contribution < -0.4 is 0 Å². The summed E-state index contributed by atoms with van der Waals surface area (Å²) in [6, 6.07) is 6.46. The highest BCUT2D eigenvalue weighted by Crippen LogP contribution is 2.26. The van der Waals surface area contributed by atoms with E-state index in [-0.39, 0.29) is 18.0 Å². The van der Waals surface area contributed by atoms with Gasteiger partial charge in [-0.2, -0.15) is 0 Å². The summed E-state index contributed by atoms with van der Waals surface area (Å²) >= 11 is 0. The number of nitrogens with zero attached hydrogens (tertiary/aromatic N) is 4. The summed E-state index contributed by atoms with van der Waals surface area (Å²) in [7, 11) is 4.03. The zero-order chi connectivity index (χ0) is 16.6. The maximum atomic E-state index is 13.2. The molecule has 23 heavy (non-hydrogen) atoms. The Morgan fingerprint density at radius 1 is 1.26 bits per heavy atom. The van der Waals surface area contributed by atoms with Crippen molar-refractivity contribution in [2.24, 2.45) is 0 Å². The van der Waals surface area contributed by atoms with Crippen molar-refractivity contribution in [2.45, 2.75) is 51.7 Å². The number of amides is 1. The third-order valence-electron chi connectivity index (χ3n) is 4.73. The van der Waals surface area contributed by atoms with Crippen molar-refractivity contribution < 1.29 is 4.79 Å². The molecule has 124 valence electrons. The standard InChI is InChI=1S/C18H26N4O/c1-13-8-7-9-14(2)22(13)18(23)17-15(12-20(3)4)21-11-6-5-10-16(21)19-17/h5-6,10-11,13-14H,7-9,12H2,1-4H3. The Kier molecular flexibility index (Phi) is 4.39. The van der Waals surface area contributed by atoms with Crippen LogP contribution in [0.5, 0.6) is 0 Å². The van der Waals surface area contributed by atoms with Crippen LogP contribution in [-0.2, 0) is 6.54 Å². The van der Waals surface area contributed by atoms with Crippen LogP contribution in [0.2, 0.25) is 0 Å². The molecule has 2 atom stereocenters. The second-order valence-electron chi connectivity index (χ2n) is 6.92. The molecule has 2 unspecified atom stereocenters. The van der Waals surface area contributed by atoms with Crippen LogP contribution in [0.3, 0.4) is 0 Å². The molecule has 3 rings (SSSR count). The fourth-order valence-corrected chi connectivity index (χ4v) is 3.61. The number of aromatic nitrogens is 2. The van der Waals surface area contributed by atoms with Gasteiger partial charge in [0.25, 0.3) is 5.91 Å². The molecule has 0 aliphatic carbocycles. The van der Waals surface area contributed by atoms with Gasteiger partial charge in [0.05, 0.1) is 5.69 Å². The lowest BCUT2D eigenvalue weighted by atomic mass is 9.97. The first kappa shape index (κ1) is 16.0. The van der Waals surface area contributed by atoms with Crippen LogP contribution in [-0.4, -0.2) is 51.3 Å². The van der Waals surface area contributed by atoms with E-state index in [0.717, 1.165) is 24.2 Å². The molecule has 2 aromatic rings. The number of imidazole rings is 1. The van der Waals surface area contributed by atoms with E-state index in [9.17, 15) is 4.79 Å². The molecule has 1 aliphatic rings. The minimum absolute atomic E-state index is 0.0743. The zero-order valence-electron chi connectivity index (χ0n) is 14.5. The van der Waals surface area contributed by atoms with Gasteiger partial charge in [-0.25, -0.2) is 4.98 Å². The third kappa shape index (κ3) is 2.98. The largest absolute Gasteiger partial charge is 0.332 e. The van der Waals surface area contributed by atoms with E-state index in [0.29, 0.717) is 12.2 Å². The van der Waals surface area contributed by atoms with Crippen molar-refractivity contribution in [1.82, 2.24) is 19.2 Å². The molecule has 0 N–H and O–H groups in total. The van der Waals surface area contributed by atoms with Crippen LogP contribution >= 0.6 is 0 Å². The molecule has 0 aromatic carbocycles. The average Bonchev–Trinajstić information content (AvgIpc) is 2.85. The van der Waals surface area contributed by atoms with Crippen molar-refractivity contribution in [3.8, 4) is 0 Å². The van der Waals surface area contributed by atoms with Gasteiger partial charge in [0.2, 0.25) is 0 Å². The molecule has 2 aromatic heterocycles. The van der Waals surface area contributed by atoms with Crippen LogP contribution in [0.15, 0.2) is 24.4 Å². The smallest absolute Gasteiger partial charge is 0.274 e. The highest BCUT2D eigenvalue weighted by atomic mass is 16.2. The number of pyridine rings is 1. The number of rotatable bonds is 3. The van der Waals surface area contributed by atoms with Crippen molar-refractivity contribution in [1.29, 1.82) is 0 Å². The predicted octanol–water partition coefficient (Wildman–Crippen LogP) is 2.80. The summed E-state index contributed by atoms with van der Waals surface area (Å²) in [6.45, 7) is 4.99. The van der Waals surface area contributed by atoms with E-state index in [4.69, 9.17) is 0 Å². The number of carbonyl (C=O) groups excluding carboxylic acids is 1. The minimum Gasteiger partial charge on any atom is -0.332 e. The lowest BCUT2D eigenvalue weighted by molar-refractivity contribution is 0.0503. The van der Waals surface area contributed by atoms with Gasteiger partial charge in [0.15, 0.2) is 5.69 Å². The zero-order valence-corrected chi connectivity index (χ0v) is 14.5. The molecule has 1 fully saturated rings. The summed E-state index contributed by atoms with van der Waals surface area (Å²) in [4.78, 5) is 22.0. The number of piperidine rings is 1. The lowest BCUT2D eigenvalue weighted by Crippen LogP contribution is -2.48. The number of fused-ring (bicyclic) bond motifs is 1. The molecular weight excluding hydrogens is 288 g/mol. The normalized spacial score (nSPS) is 22.0. The highest BCUT2D eigenvalue weighted by Gasteiger charge is 2.32. The van der Waals surface area contributed by atoms with Crippen molar-refractivity contribution >= 4 is 11.6 Å². The van der Waals surface area contributed by atoms with Crippen molar-refractivity contribution in [3.05, 3.63) is 35.8 Å². The van der Waals surface area contributed by atoms with E-state index in [1.165, 1.54) is 6.42 Å². The van der Waals surface area contributed by atoms with Gasteiger partial charge < -0.3 is 14.2 Å². The molecule has 1 aliphatic heterocycles. The minimum atomic E-state index is 0.0743. The number of hydrogen-bond acceptors (Lipinski definition) is 3. The monoisotopic (exact) mass is 314 g/mol. The molecular formula is C18H26N4O. The van der Waals surface area contributed by atoms with Gasteiger partial charge in [0.1, 0.15) is 5.65 Å². The summed E-state index contributed by atoms with van der Waals surface area (Å²) in [5, 5.41) is 0. The maximum absolute atomic E-state index is 13.2. The topological polar surface area (TPSA) is 40.9 Å². The predicted molar refractivity (Wildman–Crippen MR) is 91.5 cm³/mol. The molecule has 5 heteroatoms. The second kappa shape index (κ2) is 6.32. The first-order valence-corrected chi connectivity index (χ1v) is 8.42. The van der Waals surface area contributed by atoms with Crippen molar-refractivity contribution in [3.63, 3.8) is 0 Å².